The number of nitrogens with two attached hydrogens (primary N) is 2. The number of aromatic nitrogens is 2. The lowest BCUT2D eigenvalue weighted by atomic mass is 10.1. The quantitative estimate of drug-likeness (QED) is 0.372. The number of nitrogens with one attached hydrogen (secondary N) is 1. The van der Waals surface area contributed by atoms with E-state index in [1.165, 1.54) is 5.57 Å². The lowest BCUT2D eigenvalue weighted by Crippen LogP contribution is -2.27. The third-order valence-corrected chi connectivity index (χ3v) is 2.03. The number of hydrogen-bond donors (Lipinski definition) is 3. The lowest BCUT2D eigenvalue weighted by Gasteiger charge is -2.11. The summed E-state index contributed by atoms with van der Waals surface area (Å²) in [5, 5.41) is 4.06. The zero-order chi connectivity index (χ0) is 10.7. The maximum atomic E-state index is 5.83. The van der Waals surface area contributed by atoms with Gasteiger partial charge in [0.2, 0.25) is 0 Å². The highest BCUT2D eigenvalue weighted by Crippen LogP contribution is 2.20. The van der Waals surface area contributed by atoms with Crippen molar-refractivity contribution in [3.63, 3.8) is 0 Å². The van der Waals surface area contributed by atoms with Gasteiger partial charge in [-0.2, -0.15) is 5.10 Å². The highest BCUT2D eigenvalue weighted by molar-refractivity contribution is 5.42. The highest BCUT2D eigenvalue weighted by atomic mass is 15.3. The van der Waals surface area contributed by atoms with Crippen molar-refractivity contribution < 1.29 is 0 Å². The molecule has 0 fully saturated rings. The van der Waals surface area contributed by atoms with Crippen LogP contribution in [-0.4, -0.2) is 9.78 Å². The van der Waals surface area contributed by atoms with Crippen molar-refractivity contribution in [2.24, 2.45) is 12.9 Å². The zero-order valence-electron chi connectivity index (χ0n) is 8.78. The lowest BCUT2D eigenvalue weighted by molar-refractivity contribution is 0.653. The molecular formula is C9H17N5. The summed E-state index contributed by atoms with van der Waals surface area (Å²) in [6, 6.07) is -0.0753. The van der Waals surface area contributed by atoms with E-state index in [0.717, 1.165) is 5.56 Å². The van der Waals surface area contributed by atoms with Gasteiger partial charge in [-0.1, -0.05) is 11.6 Å². The molecule has 0 amide bonds. The number of hydrogen-bond acceptors (Lipinski definition) is 4. The van der Waals surface area contributed by atoms with E-state index in [4.69, 9.17) is 11.6 Å². The minimum Gasteiger partial charge on any atom is -0.384 e. The molecule has 0 aliphatic heterocycles. The molecule has 0 saturated carbocycles. The van der Waals surface area contributed by atoms with E-state index in [2.05, 4.69) is 10.5 Å². The molecule has 0 bridgehead atoms. The van der Waals surface area contributed by atoms with Gasteiger partial charge in [-0.05, 0) is 13.8 Å². The molecule has 0 aliphatic carbocycles. The average Bonchev–Trinajstić information content (AvgIpc) is 2.44. The molecule has 1 unspecified atom stereocenters. The van der Waals surface area contributed by atoms with E-state index < -0.39 is 0 Å². The van der Waals surface area contributed by atoms with Gasteiger partial charge in [-0.3, -0.25) is 10.5 Å². The summed E-state index contributed by atoms with van der Waals surface area (Å²) in [6.07, 6.45) is 3.73. The van der Waals surface area contributed by atoms with Crippen molar-refractivity contribution >= 4 is 5.82 Å². The standard InChI is InChI=1S/C9H17N5/c1-6(2)4-8(13-11)7-5-12-14(3)9(7)10/h4-5,8,13H,10-11H2,1-3H3. The second-order valence-corrected chi connectivity index (χ2v) is 3.50. The number of allylic oxidation sites excluding steroid dienone is 1. The van der Waals surface area contributed by atoms with E-state index in [1.807, 2.05) is 19.9 Å². The molecule has 0 aliphatic rings. The molecule has 0 saturated heterocycles. The largest absolute Gasteiger partial charge is 0.384 e. The summed E-state index contributed by atoms with van der Waals surface area (Å²) < 4.78 is 1.62. The van der Waals surface area contributed by atoms with Crippen LogP contribution in [0, 0.1) is 0 Å². The molecule has 1 heterocycles. The third-order valence-electron chi connectivity index (χ3n) is 2.03. The fourth-order valence-corrected chi connectivity index (χ4v) is 1.26. The summed E-state index contributed by atoms with van der Waals surface area (Å²) in [5.74, 6) is 6.07. The number of nitrogens with zero attached hydrogens (tertiary/aromatic N) is 2. The maximum Gasteiger partial charge on any atom is 0.126 e. The van der Waals surface area contributed by atoms with Crippen LogP contribution < -0.4 is 17.0 Å². The number of anilines is 1. The van der Waals surface area contributed by atoms with Crippen LogP contribution in [0.15, 0.2) is 17.8 Å². The van der Waals surface area contributed by atoms with Crippen molar-refractivity contribution in [3.05, 3.63) is 23.4 Å². The molecule has 5 N–H and O–H groups in total. The van der Waals surface area contributed by atoms with Crippen molar-refractivity contribution in [3.8, 4) is 0 Å². The summed E-state index contributed by atoms with van der Waals surface area (Å²) in [6.45, 7) is 4.02. The van der Waals surface area contributed by atoms with E-state index in [1.54, 1.807) is 17.9 Å². The summed E-state index contributed by atoms with van der Waals surface area (Å²) >= 11 is 0. The van der Waals surface area contributed by atoms with Gasteiger partial charge in [-0.15, -0.1) is 0 Å². The van der Waals surface area contributed by atoms with Crippen LogP contribution in [-0.2, 0) is 7.05 Å². The first-order valence-corrected chi connectivity index (χ1v) is 4.44. The van der Waals surface area contributed by atoms with E-state index in [-0.39, 0.29) is 6.04 Å². The highest BCUT2D eigenvalue weighted by Gasteiger charge is 2.13. The van der Waals surface area contributed by atoms with Gasteiger partial charge < -0.3 is 5.73 Å². The number of rotatable bonds is 3. The van der Waals surface area contributed by atoms with E-state index in [9.17, 15) is 0 Å². The van der Waals surface area contributed by atoms with Crippen molar-refractivity contribution in [2.75, 3.05) is 5.73 Å². The smallest absolute Gasteiger partial charge is 0.126 e. The Bertz CT molecular complexity index is 335. The molecule has 14 heavy (non-hydrogen) atoms. The molecule has 1 aromatic heterocycles. The predicted molar refractivity (Wildman–Crippen MR) is 57.1 cm³/mol. The topological polar surface area (TPSA) is 81.9 Å². The van der Waals surface area contributed by atoms with Crippen molar-refractivity contribution in [2.45, 2.75) is 19.9 Å². The van der Waals surface area contributed by atoms with Crippen LogP contribution >= 0.6 is 0 Å². The first-order valence-electron chi connectivity index (χ1n) is 4.44. The Labute approximate surface area is 83.7 Å². The monoisotopic (exact) mass is 195 g/mol. The van der Waals surface area contributed by atoms with Crippen LogP contribution in [0.2, 0.25) is 0 Å². The van der Waals surface area contributed by atoms with Crippen LogP contribution in [0.3, 0.4) is 0 Å². The molecule has 1 rings (SSSR count). The van der Waals surface area contributed by atoms with Crippen LogP contribution in [0.1, 0.15) is 25.5 Å². The fraction of sp³-hybridized carbons (Fsp3) is 0.444. The van der Waals surface area contributed by atoms with Gasteiger partial charge in [0.25, 0.3) is 0 Å². The Morgan fingerprint density at radius 2 is 2.29 bits per heavy atom. The van der Waals surface area contributed by atoms with Gasteiger partial charge >= 0.3 is 0 Å². The second-order valence-electron chi connectivity index (χ2n) is 3.50. The van der Waals surface area contributed by atoms with Gasteiger partial charge in [-0.25, -0.2) is 5.43 Å². The molecule has 0 spiro atoms. The molecule has 1 atom stereocenters. The van der Waals surface area contributed by atoms with Crippen LogP contribution in [0.25, 0.3) is 0 Å². The SMILES string of the molecule is CC(C)=CC(NN)c1cnn(C)c1N. The number of aryl methyl sites for hydroxylation is 1. The molecule has 0 radical (unpaired) electrons. The molecular weight excluding hydrogens is 178 g/mol. The first kappa shape index (κ1) is 10.7. The minimum absolute atomic E-state index is 0.0753. The second kappa shape index (κ2) is 4.26. The van der Waals surface area contributed by atoms with Gasteiger partial charge in [0.15, 0.2) is 0 Å². The summed E-state index contributed by atoms with van der Waals surface area (Å²) in [4.78, 5) is 0. The van der Waals surface area contributed by atoms with E-state index in [0.29, 0.717) is 5.82 Å². The maximum absolute atomic E-state index is 5.83. The number of nitrogen functional groups attached to an aromatic ring is 1. The molecule has 0 aromatic carbocycles. The molecule has 5 nitrogen and oxygen atoms in total. The Morgan fingerprint density at radius 1 is 1.64 bits per heavy atom. The van der Waals surface area contributed by atoms with Crippen LogP contribution in [0.5, 0.6) is 0 Å². The predicted octanol–water partition coefficient (Wildman–Crippen LogP) is 0.473. The molecule has 5 heteroatoms. The molecule has 1 aromatic rings. The van der Waals surface area contributed by atoms with Gasteiger partial charge in [0, 0.05) is 12.6 Å². The Kier molecular flexibility index (Phi) is 3.27. The van der Waals surface area contributed by atoms with Crippen LogP contribution in [0.4, 0.5) is 5.82 Å². The van der Waals surface area contributed by atoms with Gasteiger partial charge in [0.1, 0.15) is 5.82 Å². The Balaban J connectivity index is 3.01. The Morgan fingerprint density at radius 3 is 2.64 bits per heavy atom. The third kappa shape index (κ3) is 2.12. The fourth-order valence-electron chi connectivity index (χ4n) is 1.26. The van der Waals surface area contributed by atoms with Gasteiger partial charge in [0.05, 0.1) is 12.2 Å². The summed E-state index contributed by atoms with van der Waals surface area (Å²) in [5.41, 5.74) is 10.6. The number of hydrazine groups is 1. The first-order chi connectivity index (χ1) is 6.56. The average molecular weight is 195 g/mol. The van der Waals surface area contributed by atoms with E-state index >= 15 is 0 Å². The van der Waals surface area contributed by atoms with Crippen molar-refractivity contribution in [1.29, 1.82) is 0 Å². The Hall–Kier alpha value is -1.33. The normalized spacial score (nSPS) is 12.6. The molecule has 78 valence electrons. The zero-order valence-corrected chi connectivity index (χ0v) is 8.78. The summed E-state index contributed by atoms with van der Waals surface area (Å²) in [7, 11) is 1.80. The van der Waals surface area contributed by atoms with Crippen molar-refractivity contribution in [1.82, 2.24) is 15.2 Å². The minimum atomic E-state index is -0.0753.